The number of nitrogens with zero attached hydrogens (tertiary/aromatic N) is 1. The molecule has 0 spiro atoms. The van der Waals surface area contributed by atoms with Crippen LogP contribution in [0.1, 0.15) is 5.56 Å². The molecule has 0 aliphatic heterocycles. The van der Waals surface area contributed by atoms with Crippen LogP contribution >= 0.6 is 11.6 Å². The smallest absolute Gasteiger partial charge is 0.129 e. The number of halogens is 2. The Hall–Kier alpha value is -1.27. The minimum absolute atomic E-state index is 0.0598. The van der Waals surface area contributed by atoms with Crippen molar-refractivity contribution in [3.05, 3.63) is 28.5 Å². The summed E-state index contributed by atoms with van der Waals surface area (Å²) in [5, 5.41) is 8.48. The van der Waals surface area contributed by atoms with Gasteiger partial charge in [0.1, 0.15) is 5.82 Å². The van der Waals surface area contributed by atoms with Crippen LogP contribution < -0.4 is 5.73 Å². The zero-order valence-electron chi connectivity index (χ0n) is 6.14. The van der Waals surface area contributed by atoms with Gasteiger partial charge in [-0.25, -0.2) is 4.39 Å². The van der Waals surface area contributed by atoms with Gasteiger partial charge in [-0.15, -0.1) is 0 Å². The fourth-order valence-electron chi connectivity index (χ4n) is 0.857. The average molecular weight is 185 g/mol. The zero-order valence-corrected chi connectivity index (χ0v) is 6.90. The minimum atomic E-state index is -0.490. The number of nitrogens with two attached hydrogens (primary N) is 1. The topological polar surface area (TPSA) is 49.8 Å². The highest BCUT2D eigenvalue weighted by molar-refractivity contribution is 6.33. The van der Waals surface area contributed by atoms with Gasteiger partial charge < -0.3 is 5.73 Å². The minimum Gasteiger partial charge on any atom is -0.398 e. The number of nitriles is 1. The summed E-state index contributed by atoms with van der Waals surface area (Å²) < 4.78 is 12.9. The maximum absolute atomic E-state index is 12.9. The van der Waals surface area contributed by atoms with Crippen molar-refractivity contribution in [2.45, 2.75) is 6.42 Å². The van der Waals surface area contributed by atoms with Gasteiger partial charge in [-0.3, -0.25) is 0 Å². The Kier molecular flexibility index (Phi) is 2.51. The molecule has 2 nitrogen and oxygen atoms in total. The Labute approximate surface area is 74.4 Å². The predicted molar refractivity (Wildman–Crippen MR) is 45.1 cm³/mol. The van der Waals surface area contributed by atoms with Crippen molar-refractivity contribution in [3.8, 4) is 6.07 Å². The van der Waals surface area contributed by atoms with Gasteiger partial charge >= 0.3 is 0 Å². The third kappa shape index (κ3) is 1.49. The fraction of sp³-hybridized carbons (Fsp3) is 0.125. The molecule has 0 unspecified atom stereocenters. The summed E-state index contributed by atoms with van der Waals surface area (Å²) in [7, 11) is 0. The molecule has 0 radical (unpaired) electrons. The van der Waals surface area contributed by atoms with Gasteiger partial charge in [0.2, 0.25) is 0 Å². The first-order valence-corrected chi connectivity index (χ1v) is 3.64. The molecule has 12 heavy (non-hydrogen) atoms. The first kappa shape index (κ1) is 8.82. The van der Waals surface area contributed by atoms with Crippen molar-refractivity contribution in [1.82, 2.24) is 0 Å². The highest BCUT2D eigenvalue weighted by Crippen LogP contribution is 2.25. The van der Waals surface area contributed by atoms with Gasteiger partial charge in [-0.2, -0.15) is 5.26 Å². The van der Waals surface area contributed by atoms with E-state index in [2.05, 4.69) is 0 Å². The summed E-state index contributed by atoms with van der Waals surface area (Å²) in [6.45, 7) is 0. The molecule has 4 heteroatoms. The molecule has 0 atom stereocenters. The Bertz CT molecular complexity index is 344. The molecule has 0 amide bonds. The molecule has 0 saturated carbocycles. The van der Waals surface area contributed by atoms with E-state index >= 15 is 0 Å². The van der Waals surface area contributed by atoms with Crippen LogP contribution in [0.25, 0.3) is 0 Å². The second-order valence-electron chi connectivity index (χ2n) is 2.26. The summed E-state index contributed by atoms with van der Waals surface area (Å²) in [5.41, 5.74) is 5.87. The van der Waals surface area contributed by atoms with E-state index in [9.17, 15) is 4.39 Å². The van der Waals surface area contributed by atoms with E-state index in [1.54, 1.807) is 0 Å². The van der Waals surface area contributed by atoms with Crippen LogP contribution in [0.2, 0.25) is 5.02 Å². The van der Waals surface area contributed by atoms with Crippen LogP contribution in [0.4, 0.5) is 10.1 Å². The van der Waals surface area contributed by atoms with E-state index in [1.807, 2.05) is 6.07 Å². The van der Waals surface area contributed by atoms with Gasteiger partial charge in [0.05, 0.1) is 23.2 Å². The lowest BCUT2D eigenvalue weighted by atomic mass is 10.1. The van der Waals surface area contributed by atoms with E-state index in [4.69, 9.17) is 22.6 Å². The van der Waals surface area contributed by atoms with Crippen molar-refractivity contribution in [2.75, 3.05) is 5.73 Å². The Morgan fingerprint density at radius 2 is 2.25 bits per heavy atom. The highest BCUT2D eigenvalue weighted by Gasteiger charge is 2.08. The van der Waals surface area contributed by atoms with Crippen LogP contribution in [0.15, 0.2) is 12.1 Å². The number of rotatable bonds is 1. The number of nitrogen functional groups attached to an aromatic ring is 1. The Morgan fingerprint density at radius 1 is 1.58 bits per heavy atom. The fourth-order valence-corrected chi connectivity index (χ4v) is 1.08. The lowest BCUT2D eigenvalue weighted by molar-refractivity contribution is 0.615. The number of hydrogen-bond acceptors (Lipinski definition) is 2. The molecule has 1 aromatic rings. The molecule has 0 heterocycles. The van der Waals surface area contributed by atoms with Crippen LogP contribution in [-0.4, -0.2) is 0 Å². The molecule has 62 valence electrons. The van der Waals surface area contributed by atoms with Crippen LogP contribution in [0, 0.1) is 17.1 Å². The van der Waals surface area contributed by atoms with Gasteiger partial charge in [0.15, 0.2) is 0 Å². The molecule has 1 aromatic carbocycles. The van der Waals surface area contributed by atoms with E-state index in [0.29, 0.717) is 5.69 Å². The summed E-state index contributed by atoms with van der Waals surface area (Å²) in [6, 6.07) is 4.39. The van der Waals surface area contributed by atoms with Gasteiger partial charge in [-0.05, 0) is 12.1 Å². The second-order valence-corrected chi connectivity index (χ2v) is 2.64. The quantitative estimate of drug-likeness (QED) is 0.680. The SMILES string of the molecule is N#CCc1c(F)ccc(N)c1Cl. The molecule has 0 saturated heterocycles. The van der Waals surface area contributed by atoms with E-state index in [0.717, 1.165) is 0 Å². The van der Waals surface area contributed by atoms with Crippen molar-refractivity contribution in [2.24, 2.45) is 0 Å². The first-order chi connectivity index (χ1) is 5.66. The molecular formula is C8H6ClFN2. The van der Waals surface area contributed by atoms with Gasteiger partial charge in [-0.1, -0.05) is 11.6 Å². The monoisotopic (exact) mass is 184 g/mol. The molecule has 0 aliphatic rings. The highest BCUT2D eigenvalue weighted by atomic mass is 35.5. The third-order valence-corrected chi connectivity index (χ3v) is 1.92. The number of anilines is 1. The largest absolute Gasteiger partial charge is 0.398 e. The molecule has 0 fully saturated rings. The maximum atomic E-state index is 12.9. The van der Waals surface area contributed by atoms with Crippen LogP contribution in [0.3, 0.4) is 0 Å². The molecule has 0 aliphatic carbocycles. The maximum Gasteiger partial charge on any atom is 0.129 e. The molecule has 1 rings (SSSR count). The molecule has 2 N–H and O–H groups in total. The number of hydrogen-bond donors (Lipinski definition) is 1. The normalized spacial score (nSPS) is 9.42. The van der Waals surface area contributed by atoms with E-state index in [1.165, 1.54) is 12.1 Å². The summed E-state index contributed by atoms with van der Waals surface area (Å²) >= 11 is 5.66. The summed E-state index contributed by atoms with van der Waals surface area (Å²) in [5.74, 6) is -0.490. The lowest BCUT2D eigenvalue weighted by Crippen LogP contribution is -1.95. The predicted octanol–water partition coefficient (Wildman–Crippen LogP) is 2.13. The Balaban J connectivity index is 3.25. The standard InChI is InChI=1S/C8H6ClFN2/c9-8-5(3-4-11)6(10)1-2-7(8)12/h1-2H,3,12H2. The molecular weight excluding hydrogens is 179 g/mol. The average Bonchev–Trinajstić information content (AvgIpc) is 2.06. The Morgan fingerprint density at radius 3 is 2.83 bits per heavy atom. The first-order valence-electron chi connectivity index (χ1n) is 3.26. The second kappa shape index (κ2) is 3.42. The number of benzene rings is 1. The van der Waals surface area contributed by atoms with Crippen LogP contribution in [-0.2, 0) is 6.42 Å². The molecule has 0 aromatic heterocycles. The van der Waals surface area contributed by atoms with Crippen LogP contribution in [0.5, 0.6) is 0 Å². The van der Waals surface area contributed by atoms with Crippen molar-refractivity contribution in [3.63, 3.8) is 0 Å². The van der Waals surface area contributed by atoms with Crippen molar-refractivity contribution in [1.29, 1.82) is 5.26 Å². The van der Waals surface area contributed by atoms with Crippen molar-refractivity contribution >= 4 is 17.3 Å². The third-order valence-electron chi connectivity index (χ3n) is 1.47. The summed E-state index contributed by atoms with van der Waals surface area (Å²) in [6.07, 6.45) is -0.0598. The van der Waals surface area contributed by atoms with E-state index in [-0.39, 0.29) is 17.0 Å². The zero-order chi connectivity index (χ0) is 9.14. The van der Waals surface area contributed by atoms with E-state index < -0.39 is 5.82 Å². The van der Waals surface area contributed by atoms with Gasteiger partial charge in [0, 0.05) is 5.56 Å². The molecule has 0 bridgehead atoms. The van der Waals surface area contributed by atoms with Gasteiger partial charge in [0.25, 0.3) is 0 Å². The van der Waals surface area contributed by atoms with Crippen molar-refractivity contribution < 1.29 is 4.39 Å². The lowest BCUT2D eigenvalue weighted by Gasteiger charge is -2.03. The summed E-state index contributed by atoms with van der Waals surface area (Å²) in [4.78, 5) is 0.